The maximum Gasteiger partial charge on any atom is 0.212 e. The zero-order valence-electron chi connectivity index (χ0n) is 12.4. The van der Waals surface area contributed by atoms with Crippen molar-refractivity contribution < 1.29 is 8.42 Å². The van der Waals surface area contributed by atoms with Gasteiger partial charge in [-0.2, -0.15) is 0 Å². The predicted molar refractivity (Wildman–Crippen MR) is 85.8 cm³/mol. The van der Waals surface area contributed by atoms with Gasteiger partial charge in [-0.25, -0.2) is 13.1 Å². The van der Waals surface area contributed by atoms with Crippen LogP contribution in [0.3, 0.4) is 0 Å². The van der Waals surface area contributed by atoms with Gasteiger partial charge in [0.25, 0.3) is 0 Å². The van der Waals surface area contributed by atoms with Crippen LogP contribution in [0.1, 0.15) is 56.7 Å². The van der Waals surface area contributed by atoms with Gasteiger partial charge in [-0.3, -0.25) is 0 Å². The van der Waals surface area contributed by atoms with Crippen molar-refractivity contribution in [2.75, 3.05) is 11.6 Å². The summed E-state index contributed by atoms with van der Waals surface area (Å²) in [5, 5.41) is 0. The number of rotatable bonds is 8. The number of alkyl halides is 1. The van der Waals surface area contributed by atoms with Crippen LogP contribution in [-0.2, 0) is 10.0 Å². The number of benzene rings is 1. The molecule has 20 heavy (non-hydrogen) atoms. The molecule has 5 heteroatoms. The molecular weight excluding hydrogens is 294 g/mol. The first-order valence-electron chi connectivity index (χ1n) is 7.01. The number of halogens is 1. The highest BCUT2D eigenvalue weighted by molar-refractivity contribution is 7.89. The van der Waals surface area contributed by atoms with E-state index >= 15 is 0 Å². The Morgan fingerprint density at radius 1 is 1.05 bits per heavy atom. The van der Waals surface area contributed by atoms with Crippen molar-refractivity contribution >= 4 is 21.6 Å². The normalized spacial score (nSPS) is 13.7. The molecule has 0 spiro atoms. The summed E-state index contributed by atoms with van der Waals surface area (Å²) in [4.78, 5) is 0. The van der Waals surface area contributed by atoms with Gasteiger partial charge >= 0.3 is 0 Å². The van der Waals surface area contributed by atoms with E-state index in [1.807, 2.05) is 19.1 Å². The molecule has 0 aliphatic carbocycles. The van der Waals surface area contributed by atoms with E-state index in [2.05, 4.69) is 30.7 Å². The average molecular weight is 318 g/mol. The van der Waals surface area contributed by atoms with Crippen LogP contribution in [0.2, 0.25) is 0 Å². The van der Waals surface area contributed by atoms with Crippen LogP contribution in [0.25, 0.3) is 0 Å². The van der Waals surface area contributed by atoms with Crippen LogP contribution in [0.5, 0.6) is 0 Å². The molecule has 0 aliphatic rings. The van der Waals surface area contributed by atoms with E-state index in [1.54, 1.807) is 0 Å². The van der Waals surface area contributed by atoms with Gasteiger partial charge in [0.05, 0.1) is 5.75 Å². The Kier molecular flexibility index (Phi) is 7.00. The molecule has 1 rings (SSSR count). The summed E-state index contributed by atoms with van der Waals surface area (Å²) >= 11 is 5.56. The third-order valence-corrected chi connectivity index (χ3v) is 5.06. The Hall–Kier alpha value is -0.580. The van der Waals surface area contributed by atoms with Crippen LogP contribution in [-0.4, -0.2) is 20.1 Å². The predicted octanol–water partition coefficient (Wildman–Crippen LogP) is 3.81. The first-order valence-corrected chi connectivity index (χ1v) is 9.20. The molecule has 3 nitrogen and oxygen atoms in total. The first kappa shape index (κ1) is 17.5. The van der Waals surface area contributed by atoms with Crippen LogP contribution in [0.15, 0.2) is 24.3 Å². The second-order valence-corrected chi connectivity index (χ2v) is 7.63. The van der Waals surface area contributed by atoms with Crippen molar-refractivity contribution in [2.24, 2.45) is 0 Å². The third-order valence-electron chi connectivity index (χ3n) is 3.26. The lowest BCUT2D eigenvalue weighted by Crippen LogP contribution is -2.29. The molecule has 0 radical (unpaired) electrons. The monoisotopic (exact) mass is 317 g/mol. The van der Waals surface area contributed by atoms with E-state index < -0.39 is 10.0 Å². The van der Waals surface area contributed by atoms with Crippen LogP contribution >= 0.6 is 11.6 Å². The molecule has 1 atom stereocenters. The molecule has 0 fully saturated rings. The van der Waals surface area contributed by atoms with Gasteiger partial charge in [0.15, 0.2) is 0 Å². The maximum atomic E-state index is 11.9. The van der Waals surface area contributed by atoms with Gasteiger partial charge in [0.2, 0.25) is 10.0 Å². The Morgan fingerprint density at radius 2 is 1.60 bits per heavy atom. The molecule has 0 saturated heterocycles. The van der Waals surface area contributed by atoms with Crippen molar-refractivity contribution in [3.63, 3.8) is 0 Å². The first-order chi connectivity index (χ1) is 9.35. The molecular formula is C15H24ClNO2S. The van der Waals surface area contributed by atoms with Crippen molar-refractivity contribution in [1.29, 1.82) is 0 Å². The lowest BCUT2D eigenvalue weighted by molar-refractivity contribution is 0.564. The Balaban J connectivity index is 2.63. The second-order valence-electron chi connectivity index (χ2n) is 5.38. The SMILES string of the molecule is CC(C)c1ccc(C(C)NS(=O)(=O)CCCCCl)cc1. The van der Waals surface area contributed by atoms with E-state index in [0.717, 1.165) is 12.0 Å². The molecule has 0 aromatic heterocycles. The highest BCUT2D eigenvalue weighted by Gasteiger charge is 2.15. The third kappa shape index (κ3) is 5.81. The fraction of sp³-hybridized carbons (Fsp3) is 0.600. The number of hydrogen-bond acceptors (Lipinski definition) is 2. The molecule has 0 heterocycles. The van der Waals surface area contributed by atoms with Gasteiger partial charge in [0.1, 0.15) is 0 Å². The van der Waals surface area contributed by atoms with Crippen LogP contribution < -0.4 is 4.72 Å². The average Bonchev–Trinajstić information content (AvgIpc) is 2.38. The number of nitrogens with one attached hydrogen (secondary N) is 1. The fourth-order valence-electron chi connectivity index (χ4n) is 1.95. The Labute approximate surface area is 127 Å². The van der Waals surface area contributed by atoms with Gasteiger partial charge in [-0.05, 0) is 36.8 Å². The maximum absolute atomic E-state index is 11.9. The molecule has 0 bridgehead atoms. The molecule has 114 valence electrons. The molecule has 1 N–H and O–H groups in total. The van der Waals surface area contributed by atoms with E-state index in [9.17, 15) is 8.42 Å². The summed E-state index contributed by atoms with van der Waals surface area (Å²) in [6, 6.07) is 7.87. The van der Waals surface area contributed by atoms with E-state index in [1.165, 1.54) is 5.56 Å². The minimum atomic E-state index is -3.24. The summed E-state index contributed by atoms with van der Waals surface area (Å²) < 4.78 is 26.5. The van der Waals surface area contributed by atoms with Crippen LogP contribution in [0, 0.1) is 0 Å². The fourth-order valence-corrected chi connectivity index (χ4v) is 3.52. The summed E-state index contributed by atoms with van der Waals surface area (Å²) in [7, 11) is -3.24. The quantitative estimate of drug-likeness (QED) is 0.585. The van der Waals surface area contributed by atoms with Crippen molar-refractivity contribution in [1.82, 2.24) is 4.72 Å². The highest BCUT2D eigenvalue weighted by Crippen LogP contribution is 2.19. The van der Waals surface area contributed by atoms with Gasteiger partial charge in [-0.15, -0.1) is 11.6 Å². The summed E-state index contributed by atoms with van der Waals surface area (Å²) in [6.07, 6.45) is 1.32. The number of sulfonamides is 1. The van der Waals surface area contributed by atoms with Crippen molar-refractivity contribution in [2.45, 2.75) is 45.6 Å². The number of hydrogen-bond donors (Lipinski definition) is 1. The minimum Gasteiger partial charge on any atom is -0.212 e. The van der Waals surface area contributed by atoms with Crippen molar-refractivity contribution in [3.8, 4) is 0 Å². The van der Waals surface area contributed by atoms with Crippen LogP contribution in [0.4, 0.5) is 0 Å². The van der Waals surface area contributed by atoms with E-state index in [-0.39, 0.29) is 11.8 Å². The minimum absolute atomic E-state index is 0.133. The summed E-state index contributed by atoms with van der Waals surface area (Å²) in [5.41, 5.74) is 2.24. The highest BCUT2D eigenvalue weighted by atomic mass is 35.5. The zero-order chi connectivity index (χ0) is 15.2. The molecule has 1 aromatic carbocycles. The van der Waals surface area contributed by atoms with Crippen molar-refractivity contribution in [3.05, 3.63) is 35.4 Å². The van der Waals surface area contributed by atoms with Gasteiger partial charge in [-0.1, -0.05) is 38.1 Å². The number of unbranched alkanes of at least 4 members (excludes halogenated alkanes) is 1. The lowest BCUT2D eigenvalue weighted by atomic mass is 10.00. The standard InChI is InChI=1S/C15H24ClNO2S/c1-12(2)14-6-8-15(9-7-14)13(3)17-20(18,19)11-5-4-10-16/h6-9,12-13,17H,4-5,10-11H2,1-3H3. The van der Waals surface area contributed by atoms with Gasteiger partial charge < -0.3 is 0 Å². The molecule has 0 aliphatic heterocycles. The largest absolute Gasteiger partial charge is 0.212 e. The second kappa shape index (κ2) is 8.01. The summed E-state index contributed by atoms with van der Waals surface area (Å²) in [5.74, 6) is 1.11. The smallest absolute Gasteiger partial charge is 0.212 e. The molecule has 1 aromatic rings. The summed E-state index contributed by atoms with van der Waals surface area (Å²) in [6.45, 7) is 6.14. The Morgan fingerprint density at radius 3 is 2.10 bits per heavy atom. The van der Waals surface area contributed by atoms with E-state index in [4.69, 9.17) is 11.6 Å². The molecule has 0 amide bonds. The van der Waals surface area contributed by atoms with E-state index in [0.29, 0.717) is 18.2 Å². The van der Waals surface area contributed by atoms with Gasteiger partial charge in [0, 0.05) is 11.9 Å². The Bertz CT molecular complexity index is 497. The topological polar surface area (TPSA) is 46.2 Å². The lowest BCUT2D eigenvalue weighted by Gasteiger charge is -2.15. The molecule has 0 saturated carbocycles. The zero-order valence-corrected chi connectivity index (χ0v) is 14.0. The molecule has 1 unspecified atom stereocenters.